The number of carboxylic acids is 1. The van der Waals surface area contributed by atoms with Crippen molar-refractivity contribution in [1.82, 2.24) is 15.1 Å². The van der Waals surface area contributed by atoms with Crippen LogP contribution in [-0.2, 0) is 7.05 Å². The largest absolute Gasteiger partial charge is 0.478 e. The van der Waals surface area contributed by atoms with E-state index in [1.165, 1.54) is 37.4 Å². The molecule has 2 aromatic rings. The quantitative estimate of drug-likeness (QED) is 0.542. The van der Waals surface area contributed by atoms with Crippen LogP contribution >= 0.6 is 0 Å². The minimum atomic E-state index is -4.52. The summed E-state index contributed by atoms with van der Waals surface area (Å²) in [6.45, 7) is 1.55. The predicted molar refractivity (Wildman–Crippen MR) is 109 cm³/mol. The zero-order chi connectivity index (χ0) is 25.2. The van der Waals surface area contributed by atoms with Crippen molar-refractivity contribution in [3.63, 3.8) is 0 Å². The Morgan fingerprint density at radius 2 is 1.88 bits per heavy atom. The SMILES string of the molecule is C[C@H](NC(=O)c1c(C(F)F)nn(C)c1OC1=CC=CC(C(F)(F)F)C1)c1ccc(C(=O)O)cc1. The van der Waals surface area contributed by atoms with Crippen molar-refractivity contribution in [2.75, 3.05) is 0 Å². The van der Waals surface area contributed by atoms with Crippen molar-refractivity contribution in [2.45, 2.75) is 32.0 Å². The maximum Gasteiger partial charge on any atom is 0.395 e. The van der Waals surface area contributed by atoms with Crippen LogP contribution in [0.15, 0.2) is 48.3 Å². The molecule has 2 N–H and O–H groups in total. The molecule has 1 aliphatic rings. The number of amides is 1. The second-order valence-corrected chi connectivity index (χ2v) is 7.58. The molecule has 0 saturated heterocycles. The number of ether oxygens (including phenoxy) is 1. The third kappa shape index (κ3) is 5.43. The van der Waals surface area contributed by atoms with Crippen LogP contribution in [0.1, 0.15) is 57.8 Å². The monoisotopic (exact) mass is 485 g/mol. The number of allylic oxidation sites excluding steroid dienone is 4. The number of nitrogens with zero attached hydrogens (tertiary/aromatic N) is 2. The molecule has 1 amide bonds. The average molecular weight is 485 g/mol. The number of rotatable bonds is 7. The number of carboxylic acid groups (broad SMARTS) is 1. The van der Waals surface area contributed by atoms with Gasteiger partial charge < -0.3 is 15.2 Å². The molecule has 1 aromatic carbocycles. The van der Waals surface area contributed by atoms with Crippen LogP contribution < -0.4 is 10.1 Å². The molecule has 0 spiro atoms. The molecule has 0 fully saturated rings. The normalized spacial score (nSPS) is 16.8. The van der Waals surface area contributed by atoms with Crippen LogP contribution in [0.3, 0.4) is 0 Å². The topological polar surface area (TPSA) is 93.5 Å². The lowest BCUT2D eigenvalue weighted by atomic mass is 9.99. The Kier molecular flexibility index (Phi) is 7.08. The lowest BCUT2D eigenvalue weighted by Gasteiger charge is -2.21. The van der Waals surface area contributed by atoms with Crippen LogP contribution in [0.5, 0.6) is 5.88 Å². The molecule has 0 saturated carbocycles. The Hall–Kier alpha value is -3.70. The molecule has 34 heavy (non-hydrogen) atoms. The molecule has 7 nitrogen and oxygen atoms in total. The summed E-state index contributed by atoms with van der Waals surface area (Å²) in [5, 5.41) is 15.1. The predicted octanol–water partition coefficient (Wildman–Crippen LogP) is 4.95. The first kappa shape index (κ1) is 24.9. The third-order valence-corrected chi connectivity index (χ3v) is 5.16. The van der Waals surface area contributed by atoms with Gasteiger partial charge in [-0.15, -0.1) is 0 Å². The van der Waals surface area contributed by atoms with Crippen LogP contribution in [-0.4, -0.2) is 32.9 Å². The molecular formula is C22H20F5N3O4. The number of hydrogen-bond donors (Lipinski definition) is 2. The summed E-state index contributed by atoms with van der Waals surface area (Å²) in [6, 6.07) is 4.84. The van der Waals surface area contributed by atoms with Crippen LogP contribution in [0.25, 0.3) is 0 Å². The second kappa shape index (κ2) is 9.65. The smallest absolute Gasteiger partial charge is 0.395 e. The Bertz CT molecular complexity index is 1140. The van der Waals surface area contributed by atoms with Gasteiger partial charge in [0.1, 0.15) is 17.0 Å². The van der Waals surface area contributed by atoms with Gasteiger partial charge in [0.2, 0.25) is 5.88 Å². The first-order valence-corrected chi connectivity index (χ1v) is 9.99. The van der Waals surface area contributed by atoms with Crippen LogP contribution in [0.2, 0.25) is 0 Å². The van der Waals surface area contributed by atoms with Crippen LogP contribution in [0.4, 0.5) is 22.0 Å². The molecule has 1 unspecified atom stereocenters. The fourth-order valence-electron chi connectivity index (χ4n) is 3.35. The Morgan fingerprint density at radius 3 is 2.44 bits per heavy atom. The Labute approximate surface area is 190 Å². The van der Waals surface area contributed by atoms with E-state index in [0.717, 1.165) is 16.8 Å². The Balaban J connectivity index is 1.87. The van der Waals surface area contributed by atoms with Crippen molar-refractivity contribution in [2.24, 2.45) is 13.0 Å². The fraction of sp³-hybridized carbons (Fsp3) is 0.318. The van der Waals surface area contributed by atoms with Crippen molar-refractivity contribution in [3.8, 4) is 5.88 Å². The lowest BCUT2D eigenvalue weighted by molar-refractivity contribution is -0.162. The molecule has 1 aromatic heterocycles. The van der Waals surface area contributed by atoms with Gasteiger partial charge in [0.25, 0.3) is 12.3 Å². The molecule has 2 atom stereocenters. The standard InChI is InChI=1S/C22H20F5N3O4/c1-11(12-6-8-13(9-7-12)21(32)33)28-19(31)16-17(18(23)24)29-30(2)20(16)34-15-5-3-4-14(10-15)22(25,26)27/h3-9,11,14,18H,10H2,1-2H3,(H,28,31)(H,32,33)/t11-,14?/m0/s1. The molecule has 0 aliphatic heterocycles. The molecule has 1 aliphatic carbocycles. The number of aryl methyl sites for hydroxylation is 1. The van der Waals surface area contributed by atoms with E-state index in [1.54, 1.807) is 6.92 Å². The summed E-state index contributed by atoms with van der Waals surface area (Å²) >= 11 is 0. The summed E-state index contributed by atoms with van der Waals surface area (Å²) in [4.78, 5) is 23.9. The van der Waals surface area contributed by atoms with Crippen molar-refractivity contribution in [1.29, 1.82) is 0 Å². The van der Waals surface area contributed by atoms with E-state index >= 15 is 0 Å². The number of nitrogens with one attached hydrogen (secondary N) is 1. The molecule has 1 heterocycles. The number of aromatic carboxylic acids is 1. The highest BCUT2D eigenvalue weighted by atomic mass is 19.4. The van der Waals surface area contributed by atoms with E-state index in [0.29, 0.717) is 5.56 Å². The molecule has 0 radical (unpaired) electrons. The number of aromatic nitrogens is 2. The highest BCUT2D eigenvalue weighted by Gasteiger charge is 2.40. The fourth-order valence-corrected chi connectivity index (χ4v) is 3.35. The summed E-state index contributed by atoms with van der Waals surface area (Å²) in [6.07, 6.45) is -4.90. The van der Waals surface area contributed by atoms with Gasteiger partial charge in [-0.05, 0) is 30.7 Å². The van der Waals surface area contributed by atoms with Crippen LogP contribution in [0, 0.1) is 5.92 Å². The number of alkyl halides is 5. The first-order valence-electron chi connectivity index (χ1n) is 9.99. The van der Waals surface area contributed by atoms with Gasteiger partial charge in [0.05, 0.1) is 17.5 Å². The summed E-state index contributed by atoms with van der Waals surface area (Å²) in [7, 11) is 1.23. The molecular weight excluding hydrogens is 465 g/mol. The van der Waals surface area contributed by atoms with Crippen molar-refractivity contribution in [3.05, 3.63) is 70.6 Å². The van der Waals surface area contributed by atoms with E-state index in [-0.39, 0.29) is 11.3 Å². The van der Waals surface area contributed by atoms with Gasteiger partial charge in [-0.1, -0.05) is 24.3 Å². The number of hydrogen-bond acceptors (Lipinski definition) is 4. The van der Waals surface area contributed by atoms with Gasteiger partial charge in [-0.3, -0.25) is 4.79 Å². The minimum absolute atomic E-state index is 0.0252. The maximum absolute atomic E-state index is 13.6. The number of carbonyl (C=O) groups is 2. The van der Waals surface area contributed by atoms with Gasteiger partial charge in [-0.2, -0.15) is 18.3 Å². The van der Waals surface area contributed by atoms with E-state index in [2.05, 4.69) is 10.4 Å². The van der Waals surface area contributed by atoms with Gasteiger partial charge in [0.15, 0.2) is 0 Å². The number of carbonyl (C=O) groups excluding carboxylic acids is 1. The highest BCUT2D eigenvalue weighted by Crippen LogP contribution is 2.37. The van der Waals surface area contributed by atoms with E-state index in [4.69, 9.17) is 9.84 Å². The van der Waals surface area contributed by atoms with E-state index in [9.17, 15) is 31.5 Å². The average Bonchev–Trinajstić information content (AvgIpc) is 3.09. The minimum Gasteiger partial charge on any atom is -0.478 e. The lowest BCUT2D eigenvalue weighted by Crippen LogP contribution is -2.28. The summed E-state index contributed by atoms with van der Waals surface area (Å²) in [5.41, 5.74) is -0.970. The molecule has 3 rings (SSSR count). The van der Waals surface area contributed by atoms with E-state index in [1.807, 2.05) is 0 Å². The Morgan fingerprint density at radius 1 is 1.24 bits per heavy atom. The molecule has 12 heteroatoms. The number of halogens is 5. The number of benzene rings is 1. The zero-order valence-corrected chi connectivity index (χ0v) is 17.9. The third-order valence-electron chi connectivity index (χ3n) is 5.16. The van der Waals surface area contributed by atoms with Crippen molar-refractivity contribution < 1.29 is 41.4 Å². The van der Waals surface area contributed by atoms with Gasteiger partial charge in [-0.25, -0.2) is 18.3 Å². The summed E-state index contributed by atoms with van der Waals surface area (Å²) in [5.74, 6) is -4.53. The highest BCUT2D eigenvalue weighted by molar-refractivity contribution is 5.98. The summed E-state index contributed by atoms with van der Waals surface area (Å²) < 4.78 is 72.8. The molecule has 182 valence electrons. The van der Waals surface area contributed by atoms with E-state index < -0.39 is 60.0 Å². The zero-order valence-electron chi connectivity index (χ0n) is 17.9. The van der Waals surface area contributed by atoms with Crippen molar-refractivity contribution >= 4 is 11.9 Å². The molecule has 0 bridgehead atoms. The second-order valence-electron chi connectivity index (χ2n) is 7.58. The first-order chi connectivity index (χ1) is 15.9. The maximum atomic E-state index is 13.6. The van der Waals surface area contributed by atoms with Gasteiger partial charge >= 0.3 is 12.1 Å². The van der Waals surface area contributed by atoms with Gasteiger partial charge in [0, 0.05) is 13.5 Å².